The van der Waals surface area contributed by atoms with Gasteiger partial charge in [0.2, 0.25) is 11.8 Å². The molecule has 0 radical (unpaired) electrons. The Balaban J connectivity index is 1.75. The van der Waals surface area contributed by atoms with Gasteiger partial charge in [0.05, 0.1) is 13.0 Å². The normalized spacial score (nSPS) is 16.7. The molecule has 1 aliphatic rings. The summed E-state index contributed by atoms with van der Waals surface area (Å²) in [4.78, 5) is 26.9. The lowest BCUT2D eigenvalue weighted by molar-refractivity contribution is -0.122. The number of benzene rings is 2. The Hall–Kier alpha value is -2.82. The minimum atomic E-state index is -0.363. The van der Waals surface area contributed by atoms with Crippen molar-refractivity contribution in [2.75, 3.05) is 23.9 Å². The van der Waals surface area contributed by atoms with Crippen molar-refractivity contribution in [1.82, 2.24) is 0 Å². The van der Waals surface area contributed by atoms with Gasteiger partial charge in [-0.3, -0.25) is 9.59 Å². The molecule has 1 fully saturated rings. The van der Waals surface area contributed by atoms with Gasteiger partial charge in [-0.05, 0) is 36.6 Å². The Labute approximate surface area is 154 Å². The molecule has 2 amide bonds. The van der Waals surface area contributed by atoms with Gasteiger partial charge in [-0.2, -0.15) is 0 Å². The molecule has 0 aromatic heterocycles. The SMILES string of the molecule is CCc1cccc(C)c1NC(=O)[C@@H]1CC(=O)N(c2cccc(OC)c2)C1. The number of ether oxygens (including phenoxy) is 1. The van der Waals surface area contributed by atoms with E-state index in [2.05, 4.69) is 12.2 Å². The van der Waals surface area contributed by atoms with Crippen molar-refractivity contribution >= 4 is 23.2 Å². The summed E-state index contributed by atoms with van der Waals surface area (Å²) < 4.78 is 5.22. The number of hydrogen-bond donors (Lipinski definition) is 1. The van der Waals surface area contributed by atoms with Crippen molar-refractivity contribution in [2.24, 2.45) is 5.92 Å². The third kappa shape index (κ3) is 3.57. The first kappa shape index (κ1) is 18.0. The van der Waals surface area contributed by atoms with Crippen LogP contribution in [0.2, 0.25) is 0 Å². The summed E-state index contributed by atoms with van der Waals surface area (Å²) in [5, 5.41) is 3.04. The maximum absolute atomic E-state index is 12.8. The Morgan fingerprint density at radius 3 is 2.77 bits per heavy atom. The van der Waals surface area contributed by atoms with Gasteiger partial charge in [-0.15, -0.1) is 0 Å². The molecule has 26 heavy (non-hydrogen) atoms. The smallest absolute Gasteiger partial charge is 0.229 e. The van der Waals surface area contributed by atoms with Crippen LogP contribution < -0.4 is 15.0 Å². The highest BCUT2D eigenvalue weighted by molar-refractivity contribution is 6.04. The second-order valence-electron chi connectivity index (χ2n) is 6.56. The Kier molecular flexibility index (Phi) is 5.26. The van der Waals surface area contributed by atoms with Gasteiger partial charge in [0.15, 0.2) is 0 Å². The number of para-hydroxylation sites is 1. The van der Waals surface area contributed by atoms with E-state index < -0.39 is 0 Å². The van der Waals surface area contributed by atoms with E-state index in [1.165, 1.54) is 0 Å². The van der Waals surface area contributed by atoms with E-state index in [9.17, 15) is 9.59 Å². The molecule has 1 N–H and O–H groups in total. The number of carbonyl (C=O) groups excluding carboxylic acids is 2. The predicted octanol–water partition coefficient (Wildman–Crippen LogP) is 3.56. The summed E-state index contributed by atoms with van der Waals surface area (Å²) in [7, 11) is 1.59. The maximum atomic E-state index is 12.8. The summed E-state index contributed by atoms with van der Waals surface area (Å²) in [5.74, 6) is 0.181. The molecule has 0 unspecified atom stereocenters. The van der Waals surface area contributed by atoms with Crippen molar-refractivity contribution in [3.63, 3.8) is 0 Å². The van der Waals surface area contributed by atoms with Crippen LogP contribution in [0.4, 0.5) is 11.4 Å². The molecule has 0 aliphatic carbocycles. The number of nitrogens with one attached hydrogen (secondary N) is 1. The fourth-order valence-electron chi connectivity index (χ4n) is 3.34. The lowest BCUT2D eigenvalue weighted by atomic mass is 10.0. The van der Waals surface area contributed by atoms with Crippen LogP contribution in [0.15, 0.2) is 42.5 Å². The van der Waals surface area contributed by atoms with Gasteiger partial charge in [0.25, 0.3) is 0 Å². The fourth-order valence-corrected chi connectivity index (χ4v) is 3.34. The molecule has 5 heteroatoms. The molecule has 1 aliphatic heterocycles. The van der Waals surface area contributed by atoms with Gasteiger partial charge in [-0.1, -0.05) is 31.2 Å². The molecule has 1 saturated heterocycles. The number of aryl methyl sites for hydroxylation is 2. The number of rotatable bonds is 5. The maximum Gasteiger partial charge on any atom is 0.229 e. The summed E-state index contributed by atoms with van der Waals surface area (Å²) in [6.45, 7) is 4.43. The first-order valence-corrected chi connectivity index (χ1v) is 8.87. The number of methoxy groups -OCH3 is 1. The van der Waals surface area contributed by atoms with Crippen molar-refractivity contribution in [2.45, 2.75) is 26.7 Å². The van der Waals surface area contributed by atoms with Crippen LogP contribution in [0.3, 0.4) is 0 Å². The molecule has 1 atom stereocenters. The molecule has 0 bridgehead atoms. The third-order valence-corrected chi connectivity index (χ3v) is 4.85. The molecular formula is C21H24N2O3. The van der Waals surface area contributed by atoms with E-state index in [1.54, 1.807) is 12.0 Å². The molecule has 5 nitrogen and oxygen atoms in total. The van der Waals surface area contributed by atoms with Crippen LogP contribution >= 0.6 is 0 Å². The Morgan fingerprint density at radius 2 is 2.04 bits per heavy atom. The highest BCUT2D eigenvalue weighted by Crippen LogP contribution is 2.29. The largest absolute Gasteiger partial charge is 0.497 e. The van der Waals surface area contributed by atoms with Crippen molar-refractivity contribution in [3.8, 4) is 5.75 Å². The highest BCUT2D eigenvalue weighted by Gasteiger charge is 2.35. The summed E-state index contributed by atoms with van der Waals surface area (Å²) in [5.41, 5.74) is 3.76. The van der Waals surface area contributed by atoms with Gasteiger partial charge < -0.3 is 15.0 Å². The molecule has 2 aromatic rings. The summed E-state index contributed by atoms with van der Waals surface area (Å²) in [6.07, 6.45) is 1.06. The van der Waals surface area contributed by atoms with Gasteiger partial charge in [0, 0.05) is 30.4 Å². The average Bonchev–Trinajstić information content (AvgIpc) is 3.05. The molecule has 136 valence electrons. The van der Waals surface area contributed by atoms with Crippen LogP contribution in [-0.2, 0) is 16.0 Å². The van der Waals surface area contributed by atoms with Crippen LogP contribution in [0, 0.1) is 12.8 Å². The zero-order valence-electron chi connectivity index (χ0n) is 15.4. The second kappa shape index (κ2) is 7.60. The Bertz CT molecular complexity index is 832. The zero-order chi connectivity index (χ0) is 18.7. The first-order chi connectivity index (χ1) is 12.5. The number of amides is 2. The van der Waals surface area contributed by atoms with E-state index in [-0.39, 0.29) is 24.2 Å². The van der Waals surface area contributed by atoms with Crippen LogP contribution in [-0.4, -0.2) is 25.5 Å². The number of anilines is 2. The van der Waals surface area contributed by atoms with E-state index >= 15 is 0 Å². The van der Waals surface area contributed by atoms with E-state index in [0.29, 0.717) is 12.3 Å². The third-order valence-electron chi connectivity index (χ3n) is 4.85. The highest BCUT2D eigenvalue weighted by atomic mass is 16.5. The van der Waals surface area contributed by atoms with E-state index in [1.807, 2.05) is 49.4 Å². The molecule has 1 heterocycles. The predicted molar refractivity (Wildman–Crippen MR) is 103 cm³/mol. The Morgan fingerprint density at radius 1 is 1.27 bits per heavy atom. The lowest BCUT2D eigenvalue weighted by Crippen LogP contribution is -2.28. The minimum absolute atomic E-state index is 0.0427. The van der Waals surface area contributed by atoms with Crippen LogP contribution in [0.5, 0.6) is 5.75 Å². The van der Waals surface area contributed by atoms with Crippen LogP contribution in [0.1, 0.15) is 24.5 Å². The quantitative estimate of drug-likeness (QED) is 0.895. The van der Waals surface area contributed by atoms with Gasteiger partial charge in [0.1, 0.15) is 5.75 Å². The van der Waals surface area contributed by atoms with Crippen molar-refractivity contribution in [3.05, 3.63) is 53.6 Å². The van der Waals surface area contributed by atoms with Gasteiger partial charge in [-0.25, -0.2) is 0 Å². The zero-order valence-corrected chi connectivity index (χ0v) is 15.4. The molecular weight excluding hydrogens is 328 g/mol. The topological polar surface area (TPSA) is 58.6 Å². The monoisotopic (exact) mass is 352 g/mol. The molecule has 3 rings (SSSR count). The first-order valence-electron chi connectivity index (χ1n) is 8.87. The van der Waals surface area contributed by atoms with Crippen molar-refractivity contribution in [1.29, 1.82) is 0 Å². The standard InChI is InChI=1S/C21H24N2O3/c1-4-15-8-5-7-14(2)20(15)22-21(25)16-11-19(24)23(13-16)17-9-6-10-18(12-17)26-3/h5-10,12,16H,4,11,13H2,1-3H3,(H,22,25)/t16-/m1/s1. The molecule has 2 aromatic carbocycles. The summed E-state index contributed by atoms with van der Waals surface area (Å²) >= 11 is 0. The summed E-state index contributed by atoms with van der Waals surface area (Å²) in [6, 6.07) is 13.3. The minimum Gasteiger partial charge on any atom is -0.497 e. The molecule has 0 saturated carbocycles. The number of carbonyl (C=O) groups is 2. The number of nitrogens with zero attached hydrogens (tertiary/aromatic N) is 1. The number of hydrogen-bond acceptors (Lipinski definition) is 3. The van der Waals surface area contributed by atoms with E-state index in [4.69, 9.17) is 4.74 Å². The lowest BCUT2D eigenvalue weighted by Gasteiger charge is -2.18. The van der Waals surface area contributed by atoms with Crippen LogP contribution in [0.25, 0.3) is 0 Å². The second-order valence-corrected chi connectivity index (χ2v) is 6.56. The molecule has 0 spiro atoms. The average molecular weight is 352 g/mol. The fraction of sp³-hybridized carbons (Fsp3) is 0.333. The van der Waals surface area contributed by atoms with Gasteiger partial charge >= 0.3 is 0 Å². The van der Waals surface area contributed by atoms with Crippen molar-refractivity contribution < 1.29 is 14.3 Å². The van der Waals surface area contributed by atoms with E-state index in [0.717, 1.165) is 28.9 Å².